The summed E-state index contributed by atoms with van der Waals surface area (Å²) in [4.78, 5) is 14.7. The van der Waals surface area contributed by atoms with Gasteiger partial charge in [0.25, 0.3) is 0 Å². The molecule has 0 spiro atoms. The Kier molecular flexibility index (Phi) is 6.00. The first-order valence-corrected chi connectivity index (χ1v) is 6.78. The fourth-order valence-corrected chi connectivity index (χ4v) is 2.00. The number of aromatic carboxylic acids is 1. The Bertz CT molecular complexity index is 354. The van der Waals surface area contributed by atoms with Crippen LogP contribution in [-0.2, 0) is 6.54 Å². The zero-order valence-electron chi connectivity index (χ0n) is 10.1. The predicted octanol–water partition coefficient (Wildman–Crippen LogP) is 2.01. The summed E-state index contributed by atoms with van der Waals surface area (Å²) in [6.45, 7) is 4.95. The first-order valence-electron chi connectivity index (χ1n) is 5.62. The van der Waals surface area contributed by atoms with Crippen LogP contribution in [0.3, 0.4) is 0 Å². The minimum atomic E-state index is -0.940. The Labute approximate surface area is 106 Å². The number of carbonyl (C=O) groups is 1. The van der Waals surface area contributed by atoms with Gasteiger partial charge in [-0.05, 0) is 24.8 Å². The third kappa shape index (κ3) is 5.19. The lowest BCUT2D eigenvalue weighted by atomic mass is 10.2. The number of thioether (sulfide) groups is 1. The van der Waals surface area contributed by atoms with E-state index in [1.807, 2.05) is 11.8 Å². The van der Waals surface area contributed by atoms with E-state index in [1.54, 1.807) is 12.1 Å². The van der Waals surface area contributed by atoms with E-state index in [1.165, 1.54) is 6.20 Å². The Morgan fingerprint density at radius 1 is 1.59 bits per heavy atom. The lowest BCUT2D eigenvalue weighted by molar-refractivity contribution is 0.0696. The van der Waals surface area contributed by atoms with Gasteiger partial charge in [0.2, 0.25) is 0 Å². The highest BCUT2D eigenvalue weighted by molar-refractivity contribution is 7.99. The maximum atomic E-state index is 10.6. The van der Waals surface area contributed by atoms with Gasteiger partial charge in [-0.1, -0.05) is 6.92 Å². The van der Waals surface area contributed by atoms with Gasteiger partial charge in [0.05, 0.1) is 11.3 Å². The molecule has 0 fully saturated rings. The lowest BCUT2D eigenvalue weighted by Crippen LogP contribution is -2.28. The summed E-state index contributed by atoms with van der Waals surface area (Å²) in [5.74, 6) is 1.26. The number of carboxylic acid groups (broad SMARTS) is 1. The van der Waals surface area contributed by atoms with E-state index in [9.17, 15) is 4.79 Å². The molecule has 1 aromatic rings. The highest BCUT2D eigenvalue weighted by atomic mass is 32.2. The van der Waals surface area contributed by atoms with Crippen LogP contribution >= 0.6 is 11.8 Å². The third-order valence-electron chi connectivity index (χ3n) is 2.28. The molecule has 1 unspecified atom stereocenters. The quantitative estimate of drug-likeness (QED) is 0.779. The van der Waals surface area contributed by atoms with Gasteiger partial charge in [0, 0.05) is 24.5 Å². The molecular weight excluding hydrogens is 236 g/mol. The van der Waals surface area contributed by atoms with Gasteiger partial charge >= 0.3 is 5.97 Å². The number of nitrogens with one attached hydrogen (secondary N) is 1. The van der Waals surface area contributed by atoms with E-state index in [0.717, 1.165) is 17.2 Å². The third-order valence-corrected chi connectivity index (χ3v) is 3.42. The van der Waals surface area contributed by atoms with E-state index < -0.39 is 5.97 Å². The van der Waals surface area contributed by atoms with Crippen LogP contribution in [0.25, 0.3) is 0 Å². The van der Waals surface area contributed by atoms with Crippen molar-refractivity contribution in [2.45, 2.75) is 26.4 Å². The number of pyridine rings is 1. The molecule has 0 amide bonds. The van der Waals surface area contributed by atoms with Crippen LogP contribution in [0.4, 0.5) is 0 Å². The molecule has 17 heavy (non-hydrogen) atoms. The van der Waals surface area contributed by atoms with Crippen LogP contribution in [0.1, 0.15) is 29.9 Å². The van der Waals surface area contributed by atoms with Crippen molar-refractivity contribution < 1.29 is 9.90 Å². The van der Waals surface area contributed by atoms with Crippen molar-refractivity contribution >= 4 is 17.7 Å². The normalized spacial score (nSPS) is 12.4. The second kappa shape index (κ2) is 7.29. The van der Waals surface area contributed by atoms with Crippen molar-refractivity contribution in [3.63, 3.8) is 0 Å². The maximum Gasteiger partial charge on any atom is 0.337 e. The minimum absolute atomic E-state index is 0.225. The smallest absolute Gasteiger partial charge is 0.337 e. The van der Waals surface area contributed by atoms with Crippen molar-refractivity contribution in [1.29, 1.82) is 0 Å². The largest absolute Gasteiger partial charge is 0.478 e. The zero-order chi connectivity index (χ0) is 12.7. The Balaban J connectivity index is 2.39. The molecule has 0 aliphatic carbocycles. The van der Waals surface area contributed by atoms with Gasteiger partial charge in [0.1, 0.15) is 0 Å². The molecular formula is C12H18N2O2S. The molecule has 0 saturated heterocycles. The number of hydrogen-bond donors (Lipinski definition) is 2. The number of carboxylic acids is 1. The van der Waals surface area contributed by atoms with Crippen molar-refractivity contribution in [3.05, 3.63) is 29.6 Å². The van der Waals surface area contributed by atoms with Crippen LogP contribution in [0.15, 0.2) is 18.3 Å². The molecule has 1 atom stereocenters. The van der Waals surface area contributed by atoms with Gasteiger partial charge in [-0.2, -0.15) is 11.8 Å². The fourth-order valence-electron chi connectivity index (χ4n) is 1.29. The van der Waals surface area contributed by atoms with Gasteiger partial charge in [-0.3, -0.25) is 4.98 Å². The van der Waals surface area contributed by atoms with Gasteiger partial charge in [-0.15, -0.1) is 0 Å². The zero-order valence-corrected chi connectivity index (χ0v) is 11.0. The van der Waals surface area contributed by atoms with Gasteiger partial charge in [0.15, 0.2) is 0 Å². The summed E-state index contributed by atoms with van der Waals surface area (Å²) in [6, 6.07) is 3.76. The molecule has 2 N–H and O–H groups in total. The van der Waals surface area contributed by atoms with E-state index >= 15 is 0 Å². The average molecular weight is 254 g/mol. The van der Waals surface area contributed by atoms with Gasteiger partial charge in [-0.25, -0.2) is 4.79 Å². The Morgan fingerprint density at radius 3 is 2.88 bits per heavy atom. The summed E-state index contributed by atoms with van der Waals surface area (Å²) < 4.78 is 0. The molecule has 0 radical (unpaired) electrons. The lowest BCUT2D eigenvalue weighted by Gasteiger charge is -2.12. The van der Waals surface area contributed by atoms with Crippen molar-refractivity contribution in [2.24, 2.45) is 0 Å². The number of rotatable bonds is 7. The fraction of sp³-hybridized carbons (Fsp3) is 0.500. The summed E-state index contributed by atoms with van der Waals surface area (Å²) >= 11 is 1.90. The molecule has 5 heteroatoms. The topological polar surface area (TPSA) is 62.2 Å². The van der Waals surface area contributed by atoms with Crippen molar-refractivity contribution in [3.8, 4) is 0 Å². The van der Waals surface area contributed by atoms with Crippen molar-refractivity contribution in [2.75, 3.05) is 11.5 Å². The first kappa shape index (κ1) is 14.0. The SMILES string of the molecule is CCSCC(C)NCc1ccc(C(=O)O)cn1. The van der Waals surface area contributed by atoms with Gasteiger partial charge < -0.3 is 10.4 Å². The molecule has 0 aromatic carbocycles. The van der Waals surface area contributed by atoms with Crippen LogP contribution in [0.2, 0.25) is 0 Å². The molecule has 0 saturated carbocycles. The monoisotopic (exact) mass is 254 g/mol. The Morgan fingerprint density at radius 2 is 2.35 bits per heavy atom. The predicted molar refractivity (Wildman–Crippen MR) is 70.5 cm³/mol. The van der Waals surface area contributed by atoms with Crippen molar-refractivity contribution in [1.82, 2.24) is 10.3 Å². The maximum absolute atomic E-state index is 10.6. The first-order chi connectivity index (χ1) is 8.13. The highest BCUT2D eigenvalue weighted by Gasteiger charge is 2.04. The summed E-state index contributed by atoms with van der Waals surface area (Å²) in [5, 5.41) is 12.1. The standard InChI is InChI=1S/C12H18N2O2S/c1-3-17-8-9(2)13-7-11-5-4-10(6-14-11)12(15)16/h4-6,9,13H,3,7-8H2,1-2H3,(H,15,16). The molecule has 0 bridgehead atoms. The van der Waals surface area contributed by atoms with Crippen LogP contribution in [-0.4, -0.2) is 33.6 Å². The molecule has 94 valence electrons. The van der Waals surface area contributed by atoms with E-state index in [2.05, 4.69) is 24.1 Å². The minimum Gasteiger partial charge on any atom is -0.478 e. The number of nitrogens with zero attached hydrogens (tertiary/aromatic N) is 1. The molecule has 1 heterocycles. The second-order valence-electron chi connectivity index (χ2n) is 3.78. The summed E-state index contributed by atoms with van der Waals surface area (Å²) in [6.07, 6.45) is 1.39. The molecule has 4 nitrogen and oxygen atoms in total. The van der Waals surface area contributed by atoms with Crippen LogP contribution in [0.5, 0.6) is 0 Å². The van der Waals surface area contributed by atoms with E-state index in [0.29, 0.717) is 12.6 Å². The molecule has 1 aromatic heterocycles. The molecule has 1 rings (SSSR count). The number of hydrogen-bond acceptors (Lipinski definition) is 4. The molecule has 0 aliphatic rings. The highest BCUT2D eigenvalue weighted by Crippen LogP contribution is 2.03. The second-order valence-corrected chi connectivity index (χ2v) is 5.10. The average Bonchev–Trinajstić information content (AvgIpc) is 2.34. The van der Waals surface area contributed by atoms with E-state index in [-0.39, 0.29) is 5.56 Å². The molecule has 0 aliphatic heterocycles. The van der Waals surface area contributed by atoms with Crippen LogP contribution < -0.4 is 5.32 Å². The van der Waals surface area contributed by atoms with Crippen LogP contribution in [0, 0.1) is 0 Å². The van der Waals surface area contributed by atoms with E-state index in [4.69, 9.17) is 5.11 Å². The Hall–Kier alpha value is -1.07. The summed E-state index contributed by atoms with van der Waals surface area (Å²) in [5.41, 5.74) is 1.09. The summed E-state index contributed by atoms with van der Waals surface area (Å²) in [7, 11) is 0. The number of aromatic nitrogens is 1.